The van der Waals surface area contributed by atoms with Crippen LogP contribution in [0.15, 0.2) is 24.5 Å². The zero-order valence-electron chi connectivity index (χ0n) is 8.23. The molecule has 1 aromatic rings. The van der Waals surface area contributed by atoms with E-state index in [0.717, 1.165) is 0 Å². The van der Waals surface area contributed by atoms with E-state index in [1.54, 1.807) is 12.1 Å². The first kappa shape index (κ1) is 14.8. The van der Waals surface area contributed by atoms with Crippen LogP contribution in [0.2, 0.25) is 0 Å². The van der Waals surface area contributed by atoms with Gasteiger partial charge in [-0.1, -0.05) is 0 Å². The Morgan fingerprint density at radius 1 is 1.29 bits per heavy atom. The fourth-order valence-corrected chi connectivity index (χ4v) is 0.587. The zero-order chi connectivity index (χ0) is 13.5. The predicted molar refractivity (Wildman–Crippen MR) is 49.6 cm³/mol. The van der Waals surface area contributed by atoms with E-state index in [1.807, 2.05) is 5.43 Å². The molecule has 1 heterocycles. The third kappa shape index (κ3) is 6.10. The summed E-state index contributed by atoms with van der Waals surface area (Å²) in [6.07, 6.45) is -2.02. The molecular formula is C8H8F3N3O3. The molecule has 0 aliphatic heterocycles. The highest BCUT2D eigenvalue weighted by Gasteiger charge is 2.38. The highest BCUT2D eigenvalue weighted by molar-refractivity contribution is 5.93. The highest BCUT2D eigenvalue weighted by atomic mass is 19.4. The first-order valence-electron chi connectivity index (χ1n) is 4.00. The van der Waals surface area contributed by atoms with Gasteiger partial charge in [-0.3, -0.25) is 15.2 Å². The number of hydrazine groups is 1. The second-order valence-corrected chi connectivity index (χ2v) is 2.51. The van der Waals surface area contributed by atoms with Crippen LogP contribution in [0.3, 0.4) is 0 Å². The summed E-state index contributed by atoms with van der Waals surface area (Å²) in [6.45, 7) is 0. The molecule has 0 atom stereocenters. The summed E-state index contributed by atoms with van der Waals surface area (Å²) in [7, 11) is 0. The van der Waals surface area contributed by atoms with Gasteiger partial charge in [-0.25, -0.2) is 10.6 Å². The molecule has 0 aliphatic carbocycles. The van der Waals surface area contributed by atoms with Gasteiger partial charge < -0.3 is 5.11 Å². The number of nitrogens with two attached hydrogens (primary N) is 1. The van der Waals surface area contributed by atoms with Crippen molar-refractivity contribution in [3.8, 4) is 0 Å². The number of aromatic nitrogens is 1. The number of hydrogen-bond donors (Lipinski definition) is 3. The second kappa shape index (κ2) is 6.43. The number of pyridine rings is 1. The summed E-state index contributed by atoms with van der Waals surface area (Å²) in [5.74, 6) is 1.82. The Morgan fingerprint density at radius 2 is 1.71 bits per heavy atom. The predicted octanol–water partition coefficient (Wildman–Crippen LogP) is 0.318. The largest absolute Gasteiger partial charge is 0.490 e. The molecule has 1 aromatic heterocycles. The maximum absolute atomic E-state index is 10.7. The Hall–Kier alpha value is -2.16. The Balaban J connectivity index is 0.000000325. The van der Waals surface area contributed by atoms with Crippen LogP contribution in [0.25, 0.3) is 0 Å². The van der Waals surface area contributed by atoms with Crippen molar-refractivity contribution in [2.75, 3.05) is 0 Å². The Morgan fingerprint density at radius 3 is 2.00 bits per heavy atom. The number of carbonyl (C=O) groups excluding carboxylic acids is 1. The molecule has 0 aliphatic rings. The van der Waals surface area contributed by atoms with Gasteiger partial charge in [-0.05, 0) is 12.1 Å². The van der Waals surface area contributed by atoms with Crippen molar-refractivity contribution in [1.82, 2.24) is 10.4 Å². The number of amides is 1. The van der Waals surface area contributed by atoms with E-state index in [4.69, 9.17) is 15.7 Å². The number of carbonyl (C=O) groups is 2. The SMILES string of the molecule is NNC(=O)c1ccncc1.O=C(O)C(F)(F)F. The minimum Gasteiger partial charge on any atom is -0.475 e. The number of hydrogen-bond acceptors (Lipinski definition) is 4. The molecule has 0 saturated heterocycles. The lowest BCUT2D eigenvalue weighted by atomic mass is 10.3. The van der Waals surface area contributed by atoms with Gasteiger partial charge in [-0.2, -0.15) is 13.2 Å². The Kier molecular flexibility index (Phi) is 5.61. The monoisotopic (exact) mass is 251 g/mol. The van der Waals surface area contributed by atoms with E-state index in [2.05, 4.69) is 4.98 Å². The van der Waals surface area contributed by atoms with Gasteiger partial charge in [-0.15, -0.1) is 0 Å². The molecule has 1 rings (SSSR count). The van der Waals surface area contributed by atoms with E-state index in [1.165, 1.54) is 12.4 Å². The number of carboxylic acids is 1. The number of halogens is 3. The Bertz CT molecular complexity index is 381. The first-order valence-corrected chi connectivity index (χ1v) is 4.00. The number of aliphatic carboxylic acids is 1. The van der Waals surface area contributed by atoms with E-state index in [0.29, 0.717) is 5.56 Å². The minimum atomic E-state index is -5.08. The van der Waals surface area contributed by atoms with Gasteiger partial charge in [0.25, 0.3) is 5.91 Å². The van der Waals surface area contributed by atoms with Gasteiger partial charge in [0, 0.05) is 18.0 Å². The van der Waals surface area contributed by atoms with Crippen LogP contribution in [0.5, 0.6) is 0 Å². The van der Waals surface area contributed by atoms with Crippen LogP contribution in [0.1, 0.15) is 10.4 Å². The van der Waals surface area contributed by atoms with Crippen LogP contribution >= 0.6 is 0 Å². The first-order chi connectivity index (χ1) is 7.79. The molecule has 0 spiro atoms. The van der Waals surface area contributed by atoms with Crippen LogP contribution in [-0.4, -0.2) is 28.1 Å². The fraction of sp³-hybridized carbons (Fsp3) is 0.125. The van der Waals surface area contributed by atoms with Crippen LogP contribution in [0, 0.1) is 0 Å². The molecule has 0 saturated carbocycles. The maximum atomic E-state index is 10.7. The van der Waals surface area contributed by atoms with Crippen molar-refractivity contribution >= 4 is 11.9 Å². The van der Waals surface area contributed by atoms with E-state index in [-0.39, 0.29) is 5.91 Å². The van der Waals surface area contributed by atoms with E-state index >= 15 is 0 Å². The lowest BCUT2D eigenvalue weighted by Gasteiger charge is -1.95. The summed E-state index contributed by atoms with van der Waals surface area (Å²) in [5.41, 5.74) is 2.53. The van der Waals surface area contributed by atoms with Crippen molar-refractivity contribution in [1.29, 1.82) is 0 Å². The quantitative estimate of drug-likeness (QED) is 0.378. The van der Waals surface area contributed by atoms with Crippen LogP contribution in [-0.2, 0) is 4.79 Å². The molecular weight excluding hydrogens is 243 g/mol. The molecule has 9 heteroatoms. The number of rotatable bonds is 1. The molecule has 0 aromatic carbocycles. The normalized spacial score (nSPS) is 9.88. The van der Waals surface area contributed by atoms with Crippen molar-refractivity contribution in [3.05, 3.63) is 30.1 Å². The third-order valence-corrected chi connectivity index (χ3v) is 1.32. The number of nitrogens with zero attached hydrogens (tertiary/aromatic N) is 1. The van der Waals surface area contributed by atoms with Crippen molar-refractivity contribution < 1.29 is 27.9 Å². The molecule has 17 heavy (non-hydrogen) atoms. The lowest BCUT2D eigenvalue weighted by Crippen LogP contribution is -2.29. The smallest absolute Gasteiger partial charge is 0.475 e. The minimum absolute atomic E-state index is 0.303. The van der Waals surface area contributed by atoms with Gasteiger partial charge in [0.2, 0.25) is 0 Å². The number of alkyl halides is 3. The maximum Gasteiger partial charge on any atom is 0.490 e. The van der Waals surface area contributed by atoms with Crippen molar-refractivity contribution in [2.45, 2.75) is 6.18 Å². The van der Waals surface area contributed by atoms with E-state index < -0.39 is 12.1 Å². The molecule has 0 fully saturated rings. The number of carboxylic acid groups (broad SMARTS) is 1. The van der Waals surface area contributed by atoms with Gasteiger partial charge in [0.15, 0.2) is 0 Å². The molecule has 1 amide bonds. The molecule has 0 unspecified atom stereocenters. The lowest BCUT2D eigenvalue weighted by molar-refractivity contribution is -0.192. The van der Waals surface area contributed by atoms with E-state index in [9.17, 15) is 18.0 Å². The highest BCUT2D eigenvalue weighted by Crippen LogP contribution is 2.13. The number of nitrogen functional groups attached to an aromatic ring is 1. The average molecular weight is 251 g/mol. The standard InChI is InChI=1S/C6H7N3O.C2HF3O2/c7-9-6(10)5-1-3-8-4-2-5;3-2(4,5)1(6)7/h1-4H,7H2,(H,9,10);(H,6,7). The van der Waals surface area contributed by atoms with Gasteiger partial charge in [0.05, 0.1) is 0 Å². The Labute approximate surface area is 93.2 Å². The molecule has 0 radical (unpaired) electrons. The summed E-state index contributed by atoms with van der Waals surface area (Å²) in [4.78, 5) is 23.4. The molecule has 4 N–H and O–H groups in total. The number of nitrogens with one attached hydrogen (secondary N) is 1. The zero-order valence-corrected chi connectivity index (χ0v) is 8.23. The fourth-order valence-electron chi connectivity index (χ4n) is 0.587. The topological polar surface area (TPSA) is 105 Å². The average Bonchev–Trinajstić information content (AvgIpc) is 2.28. The summed E-state index contributed by atoms with van der Waals surface area (Å²) in [6, 6.07) is 3.17. The summed E-state index contributed by atoms with van der Waals surface area (Å²) >= 11 is 0. The van der Waals surface area contributed by atoms with Gasteiger partial charge >= 0.3 is 12.1 Å². The second-order valence-electron chi connectivity index (χ2n) is 2.51. The molecule has 0 bridgehead atoms. The van der Waals surface area contributed by atoms with Crippen LogP contribution < -0.4 is 11.3 Å². The van der Waals surface area contributed by atoms with Crippen LogP contribution in [0.4, 0.5) is 13.2 Å². The molecule has 94 valence electrons. The summed E-state index contributed by atoms with van der Waals surface area (Å²) in [5, 5.41) is 7.12. The summed E-state index contributed by atoms with van der Waals surface area (Å²) < 4.78 is 31.7. The van der Waals surface area contributed by atoms with Crippen molar-refractivity contribution in [3.63, 3.8) is 0 Å². The van der Waals surface area contributed by atoms with Crippen molar-refractivity contribution in [2.24, 2.45) is 5.84 Å². The third-order valence-electron chi connectivity index (χ3n) is 1.32. The van der Waals surface area contributed by atoms with Gasteiger partial charge in [0.1, 0.15) is 0 Å². The molecule has 6 nitrogen and oxygen atoms in total.